The van der Waals surface area contributed by atoms with Gasteiger partial charge in [0.1, 0.15) is 4.21 Å². The van der Waals surface area contributed by atoms with Crippen molar-refractivity contribution < 1.29 is 13.2 Å². The summed E-state index contributed by atoms with van der Waals surface area (Å²) in [5.41, 5.74) is 3.12. The molecule has 1 unspecified atom stereocenters. The predicted octanol–water partition coefficient (Wildman–Crippen LogP) is 5.24. The van der Waals surface area contributed by atoms with Crippen LogP contribution in [-0.4, -0.2) is 67.9 Å². The molecule has 0 radical (unpaired) electrons. The number of aryl methyl sites for hydroxylation is 2. The molecule has 1 aliphatic rings. The van der Waals surface area contributed by atoms with Crippen molar-refractivity contribution in [2.24, 2.45) is 0 Å². The number of rotatable bonds is 7. The number of nitrogens with zero attached hydrogens (tertiary/aromatic N) is 3. The molecule has 1 atom stereocenters. The van der Waals surface area contributed by atoms with Gasteiger partial charge in [0.25, 0.3) is 10.0 Å². The zero-order chi connectivity index (χ0) is 27.0. The highest BCUT2D eigenvalue weighted by Gasteiger charge is 2.35. The molecule has 11 heteroatoms. The normalized spacial score (nSPS) is 16.5. The minimum atomic E-state index is -3.64. The fraction of sp³-hybridized carbons (Fsp3) is 0.333. The van der Waals surface area contributed by atoms with Crippen LogP contribution in [0.3, 0.4) is 0 Å². The molecule has 2 N–H and O–H groups in total. The van der Waals surface area contributed by atoms with Gasteiger partial charge < -0.3 is 10.6 Å². The summed E-state index contributed by atoms with van der Waals surface area (Å²) < 4.78 is 29.8. The third-order valence-electron chi connectivity index (χ3n) is 7.04. The van der Waals surface area contributed by atoms with E-state index in [4.69, 9.17) is 11.6 Å². The van der Waals surface area contributed by atoms with Gasteiger partial charge in [-0.1, -0.05) is 29.8 Å². The zero-order valence-corrected chi connectivity index (χ0v) is 23.9. The molecule has 3 heterocycles. The van der Waals surface area contributed by atoms with Gasteiger partial charge in [0.15, 0.2) is 0 Å². The minimum absolute atomic E-state index is 0.131. The number of likely N-dealkylation sites (tertiary alicyclic amines) is 1. The summed E-state index contributed by atoms with van der Waals surface area (Å²) in [5.74, 6) is 0. The molecule has 2 aromatic carbocycles. The van der Waals surface area contributed by atoms with E-state index in [0.29, 0.717) is 28.9 Å². The van der Waals surface area contributed by atoms with Gasteiger partial charge in [0, 0.05) is 53.5 Å². The second-order valence-electron chi connectivity index (χ2n) is 9.63. The van der Waals surface area contributed by atoms with E-state index < -0.39 is 10.0 Å². The lowest BCUT2D eigenvalue weighted by atomic mass is 10.1. The number of amides is 2. The van der Waals surface area contributed by atoms with Gasteiger partial charge >= 0.3 is 6.03 Å². The Morgan fingerprint density at radius 2 is 1.97 bits per heavy atom. The van der Waals surface area contributed by atoms with Gasteiger partial charge in [0.05, 0.1) is 11.2 Å². The Morgan fingerprint density at radius 3 is 2.79 bits per heavy atom. The molecule has 0 bridgehead atoms. The van der Waals surface area contributed by atoms with Crippen molar-refractivity contribution in [3.8, 4) is 0 Å². The first kappa shape index (κ1) is 26.8. The largest absolute Gasteiger partial charge is 0.337 e. The van der Waals surface area contributed by atoms with Crippen molar-refractivity contribution in [3.63, 3.8) is 0 Å². The van der Waals surface area contributed by atoms with Crippen LogP contribution >= 0.6 is 22.9 Å². The lowest BCUT2D eigenvalue weighted by Crippen LogP contribution is -2.40. The van der Waals surface area contributed by atoms with Crippen LogP contribution in [0.25, 0.3) is 21.0 Å². The predicted molar refractivity (Wildman–Crippen MR) is 155 cm³/mol. The van der Waals surface area contributed by atoms with E-state index in [1.54, 1.807) is 13.1 Å². The van der Waals surface area contributed by atoms with Gasteiger partial charge in [-0.2, -0.15) is 4.31 Å². The van der Waals surface area contributed by atoms with Crippen molar-refractivity contribution in [2.75, 3.05) is 38.5 Å². The summed E-state index contributed by atoms with van der Waals surface area (Å²) in [7, 11) is -1.98. The lowest BCUT2D eigenvalue weighted by Gasteiger charge is -2.24. The smallest absolute Gasteiger partial charge is 0.319 e. The number of thiophene rings is 1. The number of nitrogens with one attached hydrogen (secondary N) is 2. The number of fused-ring (bicyclic) bond motifs is 2. The van der Waals surface area contributed by atoms with Gasteiger partial charge in [-0.3, -0.25) is 9.88 Å². The fourth-order valence-electron chi connectivity index (χ4n) is 4.96. The van der Waals surface area contributed by atoms with Gasteiger partial charge in [-0.05, 0) is 68.1 Å². The van der Waals surface area contributed by atoms with Crippen molar-refractivity contribution in [2.45, 2.75) is 30.5 Å². The summed E-state index contributed by atoms with van der Waals surface area (Å²) in [6.07, 6.45) is 0.736. The number of hydrogen-bond donors (Lipinski definition) is 2. The molecule has 1 fully saturated rings. The molecule has 0 saturated carbocycles. The summed E-state index contributed by atoms with van der Waals surface area (Å²) in [5, 5.41) is 8.20. The van der Waals surface area contributed by atoms with E-state index in [2.05, 4.69) is 20.5 Å². The number of pyridine rings is 1. The monoisotopic (exact) mass is 571 g/mol. The number of hydrogen-bond acceptors (Lipinski definition) is 6. The molecule has 0 aliphatic carbocycles. The Bertz CT molecular complexity index is 1620. The van der Waals surface area contributed by atoms with Crippen LogP contribution in [0, 0.1) is 13.8 Å². The average molecular weight is 572 g/mol. The summed E-state index contributed by atoms with van der Waals surface area (Å²) in [4.78, 5) is 19.3. The number of halogens is 1. The first-order valence-corrected chi connectivity index (χ1v) is 15.1. The van der Waals surface area contributed by atoms with Gasteiger partial charge in [-0.15, -0.1) is 11.3 Å². The molecule has 1 aliphatic heterocycles. The van der Waals surface area contributed by atoms with Crippen molar-refractivity contribution in [3.05, 3.63) is 64.8 Å². The zero-order valence-electron chi connectivity index (χ0n) is 21.5. The van der Waals surface area contributed by atoms with Crippen LogP contribution in [0.1, 0.15) is 17.7 Å². The van der Waals surface area contributed by atoms with Gasteiger partial charge in [0.2, 0.25) is 0 Å². The minimum Gasteiger partial charge on any atom is -0.337 e. The Balaban J connectivity index is 1.16. The summed E-state index contributed by atoms with van der Waals surface area (Å²) in [6.45, 7) is 6.20. The molecule has 5 rings (SSSR count). The van der Waals surface area contributed by atoms with Crippen LogP contribution < -0.4 is 10.6 Å². The van der Waals surface area contributed by atoms with E-state index in [0.717, 1.165) is 50.9 Å². The third-order valence-corrected chi connectivity index (χ3v) is 11.1. The topological polar surface area (TPSA) is 94.6 Å². The Kier molecular flexibility index (Phi) is 7.61. The number of sulfonamides is 1. The summed E-state index contributed by atoms with van der Waals surface area (Å²) >= 11 is 7.42. The highest BCUT2D eigenvalue weighted by Crippen LogP contribution is 2.37. The van der Waals surface area contributed by atoms with Crippen LogP contribution in [-0.2, 0) is 10.0 Å². The van der Waals surface area contributed by atoms with E-state index in [1.165, 1.54) is 15.6 Å². The third kappa shape index (κ3) is 5.37. The van der Waals surface area contributed by atoms with Crippen LogP contribution in [0.15, 0.2) is 52.7 Å². The molecule has 2 amide bonds. The van der Waals surface area contributed by atoms with Crippen LogP contribution in [0.2, 0.25) is 5.02 Å². The highest BCUT2D eigenvalue weighted by atomic mass is 35.5. The molecule has 2 aromatic heterocycles. The molecule has 200 valence electrons. The first-order chi connectivity index (χ1) is 18.1. The number of urea groups is 1. The SMILES string of the molecule is Cc1cc(NC(=O)NCCN2CCC(N(C)S(=O)(=O)c3sc4ccc(Cl)cc4c3C)C2)c2ccccc2n1. The number of carbonyl (C=O) groups excluding carboxylic acids is 1. The van der Waals surface area contributed by atoms with Crippen molar-refractivity contribution >= 4 is 65.7 Å². The molecular weight excluding hydrogens is 542 g/mol. The molecule has 38 heavy (non-hydrogen) atoms. The first-order valence-electron chi connectivity index (χ1n) is 12.4. The average Bonchev–Trinajstić information content (AvgIpc) is 3.48. The van der Waals surface area contributed by atoms with E-state index in [-0.39, 0.29) is 12.1 Å². The maximum atomic E-state index is 13.5. The maximum Gasteiger partial charge on any atom is 0.319 e. The molecular formula is C27H30ClN5O3S2. The van der Waals surface area contributed by atoms with E-state index in [9.17, 15) is 13.2 Å². The molecule has 8 nitrogen and oxygen atoms in total. The van der Waals surface area contributed by atoms with Crippen molar-refractivity contribution in [1.29, 1.82) is 0 Å². The Morgan fingerprint density at radius 1 is 1.18 bits per heavy atom. The molecule has 4 aromatic rings. The van der Waals surface area contributed by atoms with E-state index in [1.807, 2.05) is 56.3 Å². The van der Waals surface area contributed by atoms with Gasteiger partial charge in [-0.25, -0.2) is 13.2 Å². The standard InChI is InChI=1S/C27H30ClN5O3S2/c1-17-14-24(21-6-4-5-7-23(21)30-17)31-27(34)29-11-13-33-12-10-20(16-33)32(3)38(35,36)26-18(2)22-15-19(28)8-9-25(22)37-26/h4-9,14-15,20H,10-13,16H2,1-3H3,(H2,29,30,31,34). The molecule has 1 saturated heterocycles. The fourth-order valence-corrected chi connectivity index (χ4v) is 8.42. The highest BCUT2D eigenvalue weighted by molar-refractivity contribution is 7.91. The second kappa shape index (κ2) is 10.8. The van der Waals surface area contributed by atoms with Crippen molar-refractivity contribution in [1.82, 2.24) is 19.5 Å². The number of likely N-dealkylation sites (N-methyl/N-ethyl adjacent to an activating group) is 1. The van der Waals surface area contributed by atoms with Crippen LogP contribution in [0.5, 0.6) is 0 Å². The van der Waals surface area contributed by atoms with Crippen LogP contribution in [0.4, 0.5) is 10.5 Å². The molecule has 0 spiro atoms. The van der Waals surface area contributed by atoms with E-state index >= 15 is 0 Å². The number of benzene rings is 2. The number of para-hydroxylation sites is 1. The summed E-state index contributed by atoms with van der Waals surface area (Å²) in [6, 6.07) is 14.6. The Hall–Kier alpha value is -2.76. The lowest BCUT2D eigenvalue weighted by molar-refractivity contribution is 0.248. The number of carbonyl (C=O) groups is 1. The quantitative estimate of drug-likeness (QED) is 0.316. The Labute approximate surface area is 231 Å². The maximum absolute atomic E-state index is 13.5. The second-order valence-corrected chi connectivity index (χ2v) is 13.3. The number of aromatic nitrogens is 1. The number of anilines is 1.